The molecule has 4 rings (SSSR count). The van der Waals surface area contributed by atoms with E-state index in [1.165, 1.54) is 0 Å². The van der Waals surface area contributed by atoms with Crippen LogP contribution in [0.2, 0.25) is 5.02 Å². The zero-order valence-corrected chi connectivity index (χ0v) is 17.9. The van der Waals surface area contributed by atoms with E-state index in [0.29, 0.717) is 29.7 Å². The predicted octanol–water partition coefficient (Wildman–Crippen LogP) is 4.31. The van der Waals surface area contributed by atoms with Crippen LogP contribution in [0, 0.1) is 0 Å². The molecule has 0 aliphatic heterocycles. The molecule has 2 heterocycles. The molecule has 0 atom stereocenters. The van der Waals surface area contributed by atoms with E-state index in [-0.39, 0.29) is 5.91 Å². The van der Waals surface area contributed by atoms with Crippen LogP contribution in [-0.4, -0.2) is 34.2 Å². The van der Waals surface area contributed by atoms with Gasteiger partial charge in [-0.25, -0.2) is 0 Å². The van der Waals surface area contributed by atoms with E-state index in [2.05, 4.69) is 31.1 Å². The summed E-state index contributed by atoms with van der Waals surface area (Å²) in [6.45, 7) is 1.07. The van der Waals surface area contributed by atoms with Gasteiger partial charge in [-0.2, -0.15) is 0 Å². The lowest BCUT2D eigenvalue weighted by Gasteiger charge is -2.28. The molecule has 1 saturated carbocycles. The highest BCUT2D eigenvalue weighted by molar-refractivity contribution is 6.30. The highest BCUT2D eigenvalue weighted by Gasteiger charge is 2.42. The molecule has 0 bridgehead atoms. The topological polar surface area (TPSA) is 91.8 Å². The third kappa shape index (κ3) is 5.11. The number of carbonyl (C=O) groups excluding carboxylic acids is 1. The van der Waals surface area contributed by atoms with Crippen molar-refractivity contribution in [2.75, 3.05) is 23.7 Å². The maximum absolute atomic E-state index is 13.1. The van der Waals surface area contributed by atoms with Gasteiger partial charge in [0.05, 0.1) is 17.3 Å². The molecule has 1 fully saturated rings. The average molecular weight is 437 g/mol. The van der Waals surface area contributed by atoms with Crippen LogP contribution in [0.5, 0.6) is 0 Å². The third-order valence-electron chi connectivity index (χ3n) is 5.60. The van der Waals surface area contributed by atoms with E-state index in [1.807, 2.05) is 48.5 Å². The number of anilines is 3. The van der Waals surface area contributed by atoms with Crippen LogP contribution in [0.25, 0.3) is 0 Å². The Hall–Kier alpha value is -3.19. The molecule has 1 amide bonds. The molecular formula is C23H25ClN6O. The Kier molecular flexibility index (Phi) is 6.62. The molecule has 2 aromatic heterocycles. The van der Waals surface area contributed by atoms with E-state index in [1.54, 1.807) is 12.4 Å². The van der Waals surface area contributed by atoms with Crippen molar-refractivity contribution in [3.8, 4) is 0 Å². The zero-order chi connectivity index (χ0) is 21.5. The minimum atomic E-state index is -0.454. The van der Waals surface area contributed by atoms with Crippen molar-refractivity contribution in [2.24, 2.45) is 0 Å². The Labute approximate surface area is 186 Å². The molecule has 160 valence electrons. The van der Waals surface area contributed by atoms with Gasteiger partial charge in [0.1, 0.15) is 5.82 Å². The van der Waals surface area contributed by atoms with E-state index >= 15 is 0 Å². The molecule has 7 nitrogen and oxygen atoms in total. The number of carbonyl (C=O) groups is 1. The SMILES string of the molecule is O=C(NCCNc1ccc(Nc2cccnc2)nn1)C1(c2ccc(Cl)cc2)CCCC1. The number of aromatic nitrogens is 3. The molecular weight excluding hydrogens is 412 g/mol. The van der Waals surface area contributed by atoms with Gasteiger partial charge in [0.15, 0.2) is 5.82 Å². The standard InChI is InChI=1S/C23H25ClN6O/c24-18-7-5-17(6-8-18)23(11-1-2-12-23)22(31)27-15-14-26-20-9-10-21(30-29-20)28-19-4-3-13-25-16-19/h3-10,13,16H,1-2,11-12,14-15H2,(H,26,29)(H,27,31)(H,28,30). The number of amides is 1. The van der Waals surface area contributed by atoms with Crippen molar-refractivity contribution in [3.63, 3.8) is 0 Å². The van der Waals surface area contributed by atoms with Gasteiger partial charge >= 0.3 is 0 Å². The largest absolute Gasteiger partial charge is 0.367 e. The molecule has 0 radical (unpaired) electrons. The molecule has 1 aliphatic carbocycles. The minimum Gasteiger partial charge on any atom is -0.367 e. The molecule has 0 spiro atoms. The van der Waals surface area contributed by atoms with Crippen molar-refractivity contribution in [1.29, 1.82) is 0 Å². The summed E-state index contributed by atoms with van der Waals surface area (Å²) in [4.78, 5) is 17.1. The lowest BCUT2D eigenvalue weighted by Crippen LogP contribution is -2.44. The first kappa shape index (κ1) is 21.1. The Morgan fingerprint density at radius 3 is 2.39 bits per heavy atom. The van der Waals surface area contributed by atoms with E-state index in [9.17, 15) is 4.79 Å². The van der Waals surface area contributed by atoms with Crippen LogP contribution in [0.4, 0.5) is 17.3 Å². The van der Waals surface area contributed by atoms with Gasteiger partial charge in [-0.05, 0) is 54.8 Å². The van der Waals surface area contributed by atoms with Gasteiger partial charge in [0.25, 0.3) is 0 Å². The summed E-state index contributed by atoms with van der Waals surface area (Å²) >= 11 is 6.03. The summed E-state index contributed by atoms with van der Waals surface area (Å²) in [6, 6.07) is 15.1. The van der Waals surface area contributed by atoms with Crippen LogP contribution < -0.4 is 16.0 Å². The Morgan fingerprint density at radius 2 is 1.71 bits per heavy atom. The quantitative estimate of drug-likeness (QED) is 0.456. The van der Waals surface area contributed by atoms with Crippen LogP contribution in [-0.2, 0) is 10.2 Å². The van der Waals surface area contributed by atoms with E-state index < -0.39 is 5.41 Å². The third-order valence-corrected chi connectivity index (χ3v) is 5.86. The number of nitrogens with one attached hydrogen (secondary N) is 3. The predicted molar refractivity (Wildman–Crippen MR) is 123 cm³/mol. The van der Waals surface area contributed by atoms with Gasteiger partial charge in [0.2, 0.25) is 5.91 Å². The maximum Gasteiger partial charge on any atom is 0.230 e. The molecule has 0 unspecified atom stereocenters. The smallest absolute Gasteiger partial charge is 0.230 e. The lowest BCUT2D eigenvalue weighted by molar-refractivity contribution is -0.126. The molecule has 1 aromatic carbocycles. The summed E-state index contributed by atoms with van der Waals surface area (Å²) in [5.41, 5.74) is 1.44. The zero-order valence-electron chi connectivity index (χ0n) is 17.1. The molecule has 0 saturated heterocycles. The molecule has 3 aromatic rings. The molecule has 8 heteroatoms. The van der Waals surface area contributed by atoms with Crippen molar-refractivity contribution in [1.82, 2.24) is 20.5 Å². The summed E-state index contributed by atoms with van der Waals surface area (Å²) in [5.74, 6) is 1.37. The second-order valence-electron chi connectivity index (χ2n) is 7.65. The number of hydrogen-bond donors (Lipinski definition) is 3. The number of nitrogens with zero attached hydrogens (tertiary/aromatic N) is 3. The summed E-state index contributed by atoms with van der Waals surface area (Å²) < 4.78 is 0. The van der Waals surface area contributed by atoms with Crippen LogP contribution in [0.15, 0.2) is 60.9 Å². The number of hydrogen-bond acceptors (Lipinski definition) is 6. The Balaban J connectivity index is 1.28. The Morgan fingerprint density at radius 1 is 0.968 bits per heavy atom. The Bertz CT molecular complexity index is 989. The van der Waals surface area contributed by atoms with Crippen molar-refractivity contribution >= 4 is 34.8 Å². The van der Waals surface area contributed by atoms with Gasteiger partial charge in [-0.3, -0.25) is 9.78 Å². The molecule has 1 aliphatic rings. The summed E-state index contributed by atoms with van der Waals surface area (Å²) in [5, 5.41) is 18.4. The van der Waals surface area contributed by atoms with Crippen LogP contribution in [0.1, 0.15) is 31.2 Å². The number of pyridine rings is 1. The lowest BCUT2D eigenvalue weighted by atomic mass is 9.78. The first-order valence-electron chi connectivity index (χ1n) is 10.4. The second kappa shape index (κ2) is 9.75. The highest BCUT2D eigenvalue weighted by Crippen LogP contribution is 2.41. The first-order chi connectivity index (χ1) is 15.2. The molecule has 31 heavy (non-hydrogen) atoms. The van der Waals surface area contributed by atoms with Crippen molar-refractivity contribution in [3.05, 3.63) is 71.5 Å². The van der Waals surface area contributed by atoms with Gasteiger partial charge in [0, 0.05) is 24.3 Å². The van der Waals surface area contributed by atoms with Crippen molar-refractivity contribution in [2.45, 2.75) is 31.1 Å². The monoisotopic (exact) mass is 436 g/mol. The first-order valence-corrected chi connectivity index (χ1v) is 10.8. The second-order valence-corrected chi connectivity index (χ2v) is 8.09. The average Bonchev–Trinajstić information content (AvgIpc) is 3.30. The highest BCUT2D eigenvalue weighted by atomic mass is 35.5. The fourth-order valence-corrected chi connectivity index (χ4v) is 4.13. The number of halogens is 1. The van der Waals surface area contributed by atoms with Crippen LogP contribution in [0.3, 0.4) is 0 Å². The van der Waals surface area contributed by atoms with Gasteiger partial charge < -0.3 is 16.0 Å². The van der Waals surface area contributed by atoms with E-state index in [4.69, 9.17) is 11.6 Å². The molecule has 3 N–H and O–H groups in total. The summed E-state index contributed by atoms with van der Waals surface area (Å²) in [6.07, 6.45) is 7.28. The van der Waals surface area contributed by atoms with Crippen LogP contribution >= 0.6 is 11.6 Å². The van der Waals surface area contributed by atoms with Gasteiger partial charge in [-0.1, -0.05) is 36.6 Å². The summed E-state index contributed by atoms with van der Waals surface area (Å²) in [7, 11) is 0. The maximum atomic E-state index is 13.1. The van der Waals surface area contributed by atoms with Gasteiger partial charge in [-0.15, -0.1) is 10.2 Å². The fourth-order valence-electron chi connectivity index (χ4n) is 4.01. The fraction of sp³-hybridized carbons (Fsp3) is 0.304. The van der Waals surface area contributed by atoms with E-state index in [0.717, 1.165) is 36.9 Å². The number of rotatable bonds is 8. The number of benzene rings is 1. The normalized spacial score (nSPS) is 14.7. The minimum absolute atomic E-state index is 0.0798. The van der Waals surface area contributed by atoms with Crippen molar-refractivity contribution < 1.29 is 4.79 Å².